The van der Waals surface area contributed by atoms with Crippen LogP contribution in [0, 0.1) is 11.3 Å². The highest BCUT2D eigenvalue weighted by Crippen LogP contribution is 2.38. The second-order valence-electron chi connectivity index (χ2n) is 5.50. The van der Waals surface area contributed by atoms with Gasteiger partial charge in [0.1, 0.15) is 16.8 Å². The van der Waals surface area contributed by atoms with Crippen LogP contribution in [0.3, 0.4) is 0 Å². The molecule has 0 saturated carbocycles. The van der Waals surface area contributed by atoms with Crippen molar-refractivity contribution in [2.75, 3.05) is 5.32 Å². The maximum Gasteiger partial charge on any atom is 0.265 e. The standard InChI is InChI=1S/C17H14Cl2N2O2S/c1-9(23-14-6-5-10(18)7-13(14)19)16(22)21-17-12(8-20)11-3-2-4-15(11)24-17/h5-7,9H,2-4H2,1H3,(H,21,22)/t9-/m1/s1. The third-order valence-corrected chi connectivity index (χ3v) is 5.57. The van der Waals surface area contributed by atoms with Crippen molar-refractivity contribution < 1.29 is 9.53 Å². The summed E-state index contributed by atoms with van der Waals surface area (Å²) in [5.41, 5.74) is 1.66. The number of amides is 1. The Morgan fingerprint density at radius 2 is 2.21 bits per heavy atom. The van der Waals surface area contributed by atoms with Crippen LogP contribution in [0.25, 0.3) is 0 Å². The Kier molecular flexibility index (Phi) is 5.00. The molecule has 0 aliphatic heterocycles. The lowest BCUT2D eigenvalue weighted by Gasteiger charge is -2.15. The van der Waals surface area contributed by atoms with Crippen LogP contribution in [-0.4, -0.2) is 12.0 Å². The van der Waals surface area contributed by atoms with Crippen LogP contribution in [0.4, 0.5) is 5.00 Å². The molecule has 24 heavy (non-hydrogen) atoms. The number of nitrogens with one attached hydrogen (secondary N) is 1. The van der Waals surface area contributed by atoms with E-state index in [0.29, 0.717) is 26.4 Å². The first-order chi connectivity index (χ1) is 11.5. The molecule has 1 aromatic carbocycles. The molecule has 1 aromatic heterocycles. The van der Waals surface area contributed by atoms with Gasteiger partial charge in [-0.2, -0.15) is 5.26 Å². The molecule has 0 spiro atoms. The number of hydrogen-bond acceptors (Lipinski definition) is 4. The van der Waals surface area contributed by atoms with Gasteiger partial charge in [-0.25, -0.2) is 0 Å². The molecule has 7 heteroatoms. The molecule has 0 bridgehead atoms. The molecule has 1 N–H and O–H groups in total. The Bertz CT molecular complexity index is 842. The van der Waals surface area contributed by atoms with Gasteiger partial charge in [-0.15, -0.1) is 11.3 Å². The van der Waals surface area contributed by atoms with Gasteiger partial charge in [0.15, 0.2) is 6.10 Å². The predicted molar refractivity (Wildman–Crippen MR) is 96.2 cm³/mol. The summed E-state index contributed by atoms with van der Waals surface area (Å²) >= 11 is 13.4. The van der Waals surface area contributed by atoms with Gasteiger partial charge in [-0.1, -0.05) is 23.2 Å². The smallest absolute Gasteiger partial charge is 0.265 e. The van der Waals surface area contributed by atoms with E-state index in [2.05, 4.69) is 11.4 Å². The number of halogens is 2. The summed E-state index contributed by atoms with van der Waals surface area (Å²) in [4.78, 5) is 13.6. The molecule has 0 fully saturated rings. The first-order valence-corrected chi connectivity index (χ1v) is 9.04. The number of rotatable bonds is 4. The number of nitriles is 1. The van der Waals surface area contributed by atoms with E-state index in [1.54, 1.807) is 25.1 Å². The van der Waals surface area contributed by atoms with Crippen molar-refractivity contribution in [2.24, 2.45) is 0 Å². The highest BCUT2D eigenvalue weighted by Gasteiger charge is 2.25. The van der Waals surface area contributed by atoms with Crippen molar-refractivity contribution in [1.82, 2.24) is 0 Å². The van der Waals surface area contributed by atoms with Gasteiger partial charge in [-0.05, 0) is 49.9 Å². The lowest BCUT2D eigenvalue weighted by molar-refractivity contribution is -0.122. The number of anilines is 1. The third-order valence-electron chi connectivity index (χ3n) is 3.84. The van der Waals surface area contributed by atoms with Crippen molar-refractivity contribution >= 4 is 45.4 Å². The Hall–Kier alpha value is -1.74. The summed E-state index contributed by atoms with van der Waals surface area (Å²) < 4.78 is 5.60. The minimum absolute atomic E-state index is 0.322. The van der Waals surface area contributed by atoms with Gasteiger partial charge in [0.25, 0.3) is 5.91 Å². The zero-order valence-electron chi connectivity index (χ0n) is 12.9. The number of hydrogen-bond donors (Lipinski definition) is 1. The molecule has 1 aliphatic rings. The maximum absolute atomic E-state index is 12.4. The van der Waals surface area contributed by atoms with Gasteiger partial charge < -0.3 is 10.1 Å². The number of thiophene rings is 1. The van der Waals surface area contributed by atoms with Crippen LogP contribution < -0.4 is 10.1 Å². The number of carbonyl (C=O) groups is 1. The maximum atomic E-state index is 12.4. The van der Waals surface area contributed by atoms with Crippen LogP contribution in [0.5, 0.6) is 5.75 Å². The summed E-state index contributed by atoms with van der Waals surface area (Å²) in [7, 11) is 0. The quantitative estimate of drug-likeness (QED) is 0.826. The first-order valence-electron chi connectivity index (χ1n) is 7.46. The molecule has 1 aliphatic carbocycles. The van der Waals surface area contributed by atoms with E-state index in [9.17, 15) is 10.1 Å². The van der Waals surface area contributed by atoms with Crippen LogP contribution in [-0.2, 0) is 17.6 Å². The number of carbonyl (C=O) groups excluding carboxylic acids is 1. The highest BCUT2D eigenvalue weighted by molar-refractivity contribution is 7.16. The van der Waals surface area contributed by atoms with Gasteiger partial charge >= 0.3 is 0 Å². The normalized spacial score (nSPS) is 13.9. The van der Waals surface area contributed by atoms with Crippen molar-refractivity contribution in [1.29, 1.82) is 5.26 Å². The summed E-state index contributed by atoms with van der Waals surface area (Å²) in [5.74, 6) is 0.0651. The molecule has 1 heterocycles. The zero-order valence-corrected chi connectivity index (χ0v) is 15.2. The summed E-state index contributed by atoms with van der Waals surface area (Å²) in [6.45, 7) is 1.63. The number of ether oxygens (including phenoxy) is 1. The largest absolute Gasteiger partial charge is 0.479 e. The van der Waals surface area contributed by atoms with E-state index in [1.165, 1.54) is 16.2 Å². The van der Waals surface area contributed by atoms with Crippen LogP contribution in [0.15, 0.2) is 18.2 Å². The fourth-order valence-electron chi connectivity index (χ4n) is 2.64. The van der Waals surface area contributed by atoms with Crippen molar-refractivity contribution in [2.45, 2.75) is 32.3 Å². The molecular formula is C17H14Cl2N2O2S. The van der Waals surface area contributed by atoms with E-state index in [0.717, 1.165) is 24.8 Å². The Morgan fingerprint density at radius 3 is 2.92 bits per heavy atom. The Balaban J connectivity index is 1.72. The van der Waals surface area contributed by atoms with E-state index in [4.69, 9.17) is 27.9 Å². The van der Waals surface area contributed by atoms with Crippen molar-refractivity contribution in [3.63, 3.8) is 0 Å². The van der Waals surface area contributed by atoms with Gasteiger partial charge in [0, 0.05) is 9.90 Å². The topological polar surface area (TPSA) is 62.1 Å². The van der Waals surface area contributed by atoms with E-state index >= 15 is 0 Å². The monoisotopic (exact) mass is 380 g/mol. The van der Waals surface area contributed by atoms with Gasteiger partial charge in [0.05, 0.1) is 10.6 Å². The molecule has 1 amide bonds. The minimum Gasteiger partial charge on any atom is -0.479 e. The molecular weight excluding hydrogens is 367 g/mol. The average molecular weight is 381 g/mol. The van der Waals surface area contributed by atoms with Crippen LogP contribution >= 0.6 is 34.5 Å². The summed E-state index contributed by atoms with van der Waals surface area (Å²) in [5, 5.41) is 13.6. The average Bonchev–Trinajstić information content (AvgIpc) is 3.10. The van der Waals surface area contributed by atoms with Crippen molar-refractivity contribution in [3.05, 3.63) is 44.2 Å². The van der Waals surface area contributed by atoms with Crippen LogP contribution in [0.2, 0.25) is 10.0 Å². The van der Waals surface area contributed by atoms with E-state index < -0.39 is 6.10 Å². The highest BCUT2D eigenvalue weighted by atomic mass is 35.5. The van der Waals surface area contributed by atoms with E-state index in [-0.39, 0.29) is 5.91 Å². The summed E-state index contributed by atoms with van der Waals surface area (Å²) in [6.07, 6.45) is 2.18. The van der Waals surface area contributed by atoms with Crippen LogP contribution in [0.1, 0.15) is 29.3 Å². The number of fused-ring (bicyclic) bond motifs is 1. The zero-order chi connectivity index (χ0) is 17.3. The molecule has 3 rings (SSSR count). The molecule has 124 valence electrons. The minimum atomic E-state index is -0.757. The van der Waals surface area contributed by atoms with Crippen molar-refractivity contribution in [3.8, 4) is 11.8 Å². The molecule has 1 atom stereocenters. The number of nitrogens with zero attached hydrogens (tertiary/aromatic N) is 1. The lowest BCUT2D eigenvalue weighted by Crippen LogP contribution is -2.30. The fraction of sp³-hybridized carbons (Fsp3) is 0.294. The Labute approximate surface area is 154 Å². The molecule has 0 radical (unpaired) electrons. The second kappa shape index (κ2) is 7.02. The lowest BCUT2D eigenvalue weighted by atomic mass is 10.1. The fourth-order valence-corrected chi connectivity index (χ4v) is 4.33. The van der Waals surface area contributed by atoms with Gasteiger partial charge in [0.2, 0.25) is 0 Å². The van der Waals surface area contributed by atoms with E-state index in [1.807, 2.05) is 0 Å². The second-order valence-corrected chi connectivity index (χ2v) is 7.45. The predicted octanol–water partition coefficient (Wildman–Crippen LogP) is 4.82. The van der Waals surface area contributed by atoms with Gasteiger partial charge in [-0.3, -0.25) is 4.79 Å². The number of benzene rings is 1. The molecule has 0 saturated heterocycles. The molecule has 0 unspecified atom stereocenters. The SMILES string of the molecule is C[C@@H](Oc1ccc(Cl)cc1Cl)C(=O)Nc1sc2c(c1C#N)CCC2. The first kappa shape index (κ1) is 17.1. The number of aryl methyl sites for hydroxylation is 1. The Morgan fingerprint density at radius 1 is 1.42 bits per heavy atom. The third kappa shape index (κ3) is 3.36. The molecule has 4 nitrogen and oxygen atoms in total. The molecule has 2 aromatic rings. The summed E-state index contributed by atoms with van der Waals surface area (Å²) in [6, 6.07) is 7.02.